The minimum atomic E-state index is -4.42. The van der Waals surface area contributed by atoms with E-state index >= 15 is 0 Å². The number of H-pyrrole nitrogens is 1. The van der Waals surface area contributed by atoms with Crippen LogP contribution >= 0.6 is 11.6 Å². The van der Waals surface area contributed by atoms with Crippen molar-refractivity contribution < 1.29 is 13.2 Å². The molecule has 0 radical (unpaired) electrons. The molecule has 0 amide bonds. The number of aromatic amines is 1. The first-order valence-corrected chi connectivity index (χ1v) is 6.21. The van der Waals surface area contributed by atoms with Crippen LogP contribution in [0.15, 0.2) is 30.5 Å². The molecule has 0 saturated heterocycles. The van der Waals surface area contributed by atoms with Gasteiger partial charge in [-0.1, -0.05) is 11.6 Å². The lowest BCUT2D eigenvalue weighted by Crippen LogP contribution is -2.05. The van der Waals surface area contributed by atoms with E-state index in [-0.39, 0.29) is 5.69 Å². The van der Waals surface area contributed by atoms with Gasteiger partial charge in [0.1, 0.15) is 11.2 Å². The lowest BCUT2D eigenvalue weighted by molar-refractivity contribution is -0.137. The molecule has 1 aromatic carbocycles. The molecule has 4 nitrogen and oxygen atoms in total. The normalized spacial score (nSPS) is 12.0. The van der Waals surface area contributed by atoms with E-state index in [9.17, 15) is 13.2 Å². The number of hydrogen-bond donors (Lipinski definition) is 2. The molecule has 0 aliphatic carbocycles. The summed E-state index contributed by atoms with van der Waals surface area (Å²) in [6.45, 7) is 0. The van der Waals surface area contributed by atoms with Crippen LogP contribution in [0, 0.1) is 0 Å². The van der Waals surface area contributed by atoms with Gasteiger partial charge in [0.15, 0.2) is 5.82 Å². The highest BCUT2D eigenvalue weighted by molar-refractivity contribution is 6.31. The molecule has 8 heteroatoms. The Morgan fingerprint density at radius 1 is 1.19 bits per heavy atom. The average molecular weight is 313 g/mol. The molecule has 0 bridgehead atoms. The monoisotopic (exact) mass is 312 g/mol. The predicted molar refractivity (Wildman–Crippen MR) is 73.7 cm³/mol. The maximum absolute atomic E-state index is 12.5. The van der Waals surface area contributed by atoms with Crippen molar-refractivity contribution in [1.82, 2.24) is 15.0 Å². The van der Waals surface area contributed by atoms with Gasteiger partial charge in [-0.25, -0.2) is 4.98 Å². The molecule has 0 unspecified atom stereocenters. The zero-order chi connectivity index (χ0) is 15.2. The number of nitrogens with zero attached hydrogens (tertiary/aromatic N) is 2. The van der Waals surface area contributed by atoms with Crippen LogP contribution in [0.3, 0.4) is 0 Å². The fraction of sp³-hybridized carbons (Fsp3) is 0.0769. The van der Waals surface area contributed by atoms with Crippen molar-refractivity contribution >= 4 is 28.3 Å². The zero-order valence-corrected chi connectivity index (χ0v) is 11.1. The highest BCUT2D eigenvalue weighted by Gasteiger charge is 2.30. The van der Waals surface area contributed by atoms with E-state index in [1.165, 1.54) is 6.07 Å². The Morgan fingerprint density at radius 2 is 1.95 bits per heavy atom. The van der Waals surface area contributed by atoms with Gasteiger partial charge in [0.05, 0.1) is 16.8 Å². The lowest BCUT2D eigenvalue weighted by atomic mass is 10.2. The van der Waals surface area contributed by atoms with Gasteiger partial charge in [0.2, 0.25) is 0 Å². The smallest absolute Gasteiger partial charge is 0.397 e. The van der Waals surface area contributed by atoms with Crippen LogP contribution in [0.1, 0.15) is 5.56 Å². The van der Waals surface area contributed by atoms with Gasteiger partial charge in [-0.05, 0) is 24.3 Å². The summed E-state index contributed by atoms with van der Waals surface area (Å²) in [5.74, 6) is 0.327. The summed E-state index contributed by atoms with van der Waals surface area (Å²) < 4.78 is 37.5. The highest BCUT2D eigenvalue weighted by Crippen LogP contribution is 2.30. The first kappa shape index (κ1) is 13.7. The SMILES string of the molecule is Nc1cc(Cl)cc2[nH]c(-c3ccc(C(F)(F)F)cn3)nc12. The van der Waals surface area contributed by atoms with Gasteiger partial charge in [0.25, 0.3) is 0 Å². The average Bonchev–Trinajstić information content (AvgIpc) is 2.82. The van der Waals surface area contributed by atoms with Crippen LogP contribution in [-0.2, 0) is 6.18 Å². The fourth-order valence-corrected chi connectivity index (χ4v) is 2.16. The second-order valence-corrected chi connectivity index (χ2v) is 4.84. The number of anilines is 1. The molecule has 0 saturated carbocycles. The number of hydrogen-bond acceptors (Lipinski definition) is 3. The predicted octanol–water partition coefficient (Wildman–Crippen LogP) is 3.88. The molecule has 2 aromatic heterocycles. The van der Waals surface area contributed by atoms with Crippen LogP contribution in [-0.4, -0.2) is 15.0 Å². The van der Waals surface area contributed by atoms with E-state index in [1.807, 2.05) is 0 Å². The molecular formula is C13H8ClF3N4. The number of halogens is 4. The summed E-state index contributed by atoms with van der Waals surface area (Å²) in [5, 5.41) is 0.440. The third-order valence-electron chi connectivity index (χ3n) is 2.91. The van der Waals surface area contributed by atoms with Crippen molar-refractivity contribution in [3.8, 4) is 11.5 Å². The first-order chi connectivity index (χ1) is 9.84. The summed E-state index contributed by atoms with van der Waals surface area (Å²) in [5.41, 5.74) is 6.74. The second kappa shape index (κ2) is 4.63. The number of alkyl halides is 3. The summed E-state index contributed by atoms with van der Waals surface area (Å²) in [6.07, 6.45) is -3.66. The molecule has 0 spiro atoms. The Morgan fingerprint density at radius 3 is 2.57 bits per heavy atom. The summed E-state index contributed by atoms with van der Waals surface area (Å²) >= 11 is 5.88. The van der Waals surface area contributed by atoms with E-state index in [2.05, 4.69) is 15.0 Å². The lowest BCUT2D eigenvalue weighted by Gasteiger charge is -2.05. The van der Waals surface area contributed by atoms with Gasteiger partial charge < -0.3 is 10.7 Å². The maximum atomic E-state index is 12.5. The van der Waals surface area contributed by atoms with Crippen molar-refractivity contribution in [2.24, 2.45) is 0 Å². The number of aromatic nitrogens is 3. The molecular weight excluding hydrogens is 305 g/mol. The fourth-order valence-electron chi connectivity index (χ4n) is 1.93. The summed E-state index contributed by atoms with van der Waals surface area (Å²) in [7, 11) is 0. The van der Waals surface area contributed by atoms with E-state index < -0.39 is 11.7 Å². The Kier molecular flexibility index (Phi) is 3.02. The van der Waals surface area contributed by atoms with Crippen molar-refractivity contribution in [2.75, 3.05) is 5.73 Å². The number of nitrogens with one attached hydrogen (secondary N) is 1. The Bertz CT molecular complexity index is 809. The van der Waals surface area contributed by atoms with E-state index in [0.717, 1.165) is 12.3 Å². The maximum Gasteiger partial charge on any atom is 0.417 e. The quantitative estimate of drug-likeness (QED) is 0.670. The van der Waals surface area contributed by atoms with Crippen LogP contribution in [0.2, 0.25) is 5.02 Å². The minimum Gasteiger partial charge on any atom is -0.397 e. The molecule has 0 fully saturated rings. The molecule has 3 N–H and O–H groups in total. The Balaban J connectivity index is 2.06. The molecule has 0 atom stereocenters. The largest absolute Gasteiger partial charge is 0.417 e. The number of benzene rings is 1. The Hall–Kier alpha value is -2.28. The number of pyridine rings is 1. The van der Waals surface area contributed by atoms with E-state index in [4.69, 9.17) is 17.3 Å². The van der Waals surface area contributed by atoms with Crippen LogP contribution < -0.4 is 5.73 Å². The summed E-state index contributed by atoms with van der Waals surface area (Å²) in [4.78, 5) is 10.9. The molecule has 0 aliphatic rings. The van der Waals surface area contributed by atoms with E-state index in [1.54, 1.807) is 12.1 Å². The number of imidazole rings is 1. The number of rotatable bonds is 1. The van der Waals surface area contributed by atoms with Crippen molar-refractivity contribution in [3.63, 3.8) is 0 Å². The second-order valence-electron chi connectivity index (χ2n) is 4.41. The topological polar surface area (TPSA) is 67.6 Å². The van der Waals surface area contributed by atoms with Gasteiger partial charge in [-0.15, -0.1) is 0 Å². The third-order valence-corrected chi connectivity index (χ3v) is 3.13. The summed E-state index contributed by atoms with van der Waals surface area (Å²) in [6, 6.07) is 5.38. The van der Waals surface area contributed by atoms with Crippen LogP contribution in [0.25, 0.3) is 22.6 Å². The highest BCUT2D eigenvalue weighted by atomic mass is 35.5. The number of nitrogen functional groups attached to an aromatic ring is 1. The van der Waals surface area contributed by atoms with E-state index in [0.29, 0.717) is 27.6 Å². The Labute approximate surface area is 121 Å². The third kappa shape index (κ3) is 2.52. The van der Waals surface area contributed by atoms with Gasteiger partial charge >= 0.3 is 6.18 Å². The molecule has 21 heavy (non-hydrogen) atoms. The zero-order valence-electron chi connectivity index (χ0n) is 10.4. The van der Waals surface area contributed by atoms with Gasteiger partial charge in [0, 0.05) is 11.2 Å². The molecule has 3 aromatic rings. The number of nitrogens with two attached hydrogens (primary N) is 1. The molecule has 108 valence electrons. The van der Waals surface area contributed by atoms with Crippen LogP contribution in [0.4, 0.5) is 18.9 Å². The molecule has 3 rings (SSSR count). The van der Waals surface area contributed by atoms with Crippen molar-refractivity contribution in [3.05, 3.63) is 41.0 Å². The van der Waals surface area contributed by atoms with Gasteiger partial charge in [-0.2, -0.15) is 13.2 Å². The standard InChI is InChI=1S/C13H8ClF3N4/c14-7-3-8(18)11-10(4-7)20-12(21-11)9-2-1-6(5-19-9)13(15,16)17/h1-5H,18H2,(H,20,21). The van der Waals surface area contributed by atoms with Crippen LogP contribution in [0.5, 0.6) is 0 Å². The van der Waals surface area contributed by atoms with Crippen molar-refractivity contribution in [2.45, 2.75) is 6.18 Å². The molecule has 0 aliphatic heterocycles. The van der Waals surface area contributed by atoms with Crippen molar-refractivity contribution in [1.29, 1.82) is 0 Å². The van der Waals surface area contributed by atoms with Gasteiger partial charge in [-0.3, -0.25) is 4.98 Å². The molecule has 2 heterocycles. The minimum absolute atomic E-state index is 0.287. The number of fused-ring (bicyclic) bond motifs is 1. The first-order valence-electron chi connectivity index (χ1n) is 5.83.